The van der Waals surface area contributed by atoms with Crippen LogP contribution in [0, 0.1) is 0 Å². The minimum atomic E-state index is -0.212. The van der Waals surface area contributed by atoms with E-state index >= 15 is 0 Å². The van der Waals surface area contributed by atoms with Crippen molar-refractivity contribution < 1.29 is 9.90 Å². The van der Waals surface area contributed by atoms with E-state index in [9.17, 15) is 4.79 Å². The van der Waals surface area contributed by atoms with Crippen LogP contribution in [-0.4, -0.2) is 17.6 Å². The zero-order valence-corrected chi connectivity index (χ0v) is 8.04. The summed E-state index contributed by atoms with van der Waals surface area (Å²) < 4.78 is 0. The molecule has 0 atom stereocenters. The second kappa shape index (κ2) is 9.26. The van der Waals surface area contributed by atoms with Crippen LogP contribution in [0.25, 0.3) is 0 Å². The molecule has 0 spiro atoms. The van der Waals surface area contributed by atoms with E-state index in [2.05, 4.69) is 6.08 Å². The lowest BCUT2D eigenvalue weighted by atomic mass is 10.1. The van der Waals surface area contributed by atoms with E-state index in [1.54, 1.807) is 0 Å². The summed E-state index contributed by atoms with van der Waals surface area (Å²) in [6.07, 6.45) is 9.35. The number of aliphatic hydroxyl groups is 1. The predicted molar refractivity (Wildman–Crippen MR) is 53.1 cm³/mol. The molecule has 0 radical (unpaired) electrons. The maximum Gasteiger partial charge on any atom is 0.217 e. The summed E-state index contributed by atoms with van der Waals surface area (Å²) in [7, 11) is 0. The minimum absolute atomic E-state index is 0.212. The third-order valence-electron chi connectivity index (χ3n) is 1.76. The average Bonchev–Trinajstić information content (AvgIpc) is 2.09. The van der Waals surface area contributed by atoms with Crippen LogP contribution in [-0.2, 0) is 4.79 Å². The van der Waals surface area contributed by atoms with Crippen molar-refractivity contribution >= 4 is 5.91 Å². The van der Waals surface area contributed by atoms with E-state index < -0.39 is 0 Å². The number of amides is 1. The highest BCUT2D eigenvalue weighted by Crippen LogP contribution is 2.03. The molecule has 0 aliphatic carbocycles. The molecule has 0 rings (SSSR count). The van der Waals surface area contributed by atoms with Crippen LogP contribution in [0.3, 0.4) is 0 Å². The molecule has 13 heavy (non-hydrogen) atoms. The molecule has 0 unspecified atom stereocenters. The molecule has 0 fully saturated rings. The molecule has 3 N–H and O–H groups in total. The van der Waals surface area contributed by atoms with E-state index in [0.717, 1.165) is 32.1 Å². The van der Waals surface area contributed by atoms with Crippen molar-refractivity contribution in [3.63, 3.8) is 0 Å². The number of unbranched alkanes of at least 4 members (excludes halogenated alkanes) is 3. The summed E-state index contributed by atoms with van der Waals surface area (Å²) in [6.45, 7) is 0.220. The fourth-order valence-corrected chi connectivity index (χ4v) is 1.05. The van der Waals surface area contributed by atoms with Gasteiger partial charge in [-0.1, -0.05) is 18.6 Å². The van der Waals surface area contributed by atoms with Gasteiger partial charge in [-0.25, -0.2) is 0 Å². The van der Waals surface area contributed by atoms with Gasteiger partial charge < -0.3 is 10.8 Å². The van der Waals surface area contributed by atoms with E-state index in [1.807, 2.05) is 6.08 Å². The Morgan fingerprint density at radius 1 is 1.15 bits per heavy atom. The maximum atomic E-state index is 10.4. The highest BCUT2D eigenvalue weighted by molar-refractivity contribution is 5.73. The first-order valence-electron chi connectivity index (χ1n) is 4.81. The standard InChI is InChI=1S/C10H19NO2/c11-10(13)8-6-4-2-1-3-5-7-9-12/h3,5,12H,1-2,4,6-9H2,(H2,11,13). The molecular weight excluding hydrogens is 166 g/mol. The van der Waals surface area contributed by atoms with Gasteiger partial charge in [0, 0.05) is 13.0 Å². The first kappa shape index (κ1) is 12.2. The van der Waals surface area contributed by atoms with Gasteiger partial charge in [-0.2, -0.15) is 0 Å². The Kier molecular flexibility index (Phi) is 8.67. The van der Waals surface area contributed by atoms with Crippen LogP contribution in [0.4, 0.5) is 0 Å². The Bertz CT molecular complexity index is 155. The van der Waals surface area contributed by atoms with Crippen LogP contribution in [0.15, 0.2) is 12.2 Å². The van der Waals surface area contributed by atoms with Gasteiger partial charge in [0.05, 0.1) is 0 Å². The molecule has 3 heteroatoms. The van der Waals surface area contributed by atoms with Gasteiger partial charge in [0.15, 0.2) is 0 Å². The summed E-state index contributed by atoms with van der Waals surface area (Å²) in [5.74, 6) is -0.212. The lowest BCUT2D eigenvalue weighted by molar-refractivity contribution is -0.118. The molecular formula is C10H19NO2. The zero-order chi connectivity index (χ0) is 9.94. The number of allylic oxidation sites excluding steroid dienone is 1. The summed E-state index contributed by atoms with van der Waals surface area (Å²) in [6, 6.07) is 0. The van der Waals surface area contributed by atoms with Gasteiger partial charge in [0.1, 0.15) is 0 Å². The van der Waals surface area contributed by atoms with Crippen LogP contribution < -0.4 is 5.73 Å². The number of primary amides is 1. The molecule has 0 saturated heterocycles. The van der Waals surface area contributed by atoms with Gasteiger partial charge >= 0.3 is 0 Å². The van der Waals surface area contributed by atoms with Gasteiger partial charge in [-0.05, 0) is 25.7 Å². The molecule has 0 aromatic heterocycles. The Labute approximate surface area is 79.6 Å². The predicted octanol–water partition coefficient (Wildman–Crippen LogP) is 1.36. The molecule has 0 bridgehead atoms. The van der Waals surface area contributed by atoms with Crippen molar-refractivity contribution in [1.29, 1.82) is 0 Å². The van der Waals surface area contributed by atoms with Gasteiger partial charge in [0.2, 0.25) is 5.91 Å². The highest BCUT2D eigenvalue weighted by atomic mass is 16.2. The molecule has 3 nitrogen and oxygen atoms in total. The Morgan fingerprint density at radius 2 is 1.85 bits per heavy atom. The number of carbonyl (C=O) groups excluding carboxylic acids is 1. The summed E-state index contributed by atoms with van der Waals surface area (Å²) in [5, 5.41) is 8.47. The van der Waals surface area contributed by atoms with Gasteiger partial charge in [0.25, 0.3) is 0 Å². The quantitative estimate of drug-likeness (QED) is 0.443. The number of hydrogen-bond donors (Lipinski definition) is 2. The number of hydrogen-bond acceptors (Lipinski definition) is 2. The topological polar surface area (TPSA) is 63.3 Å². The number of nitrogens with two attached hydrogens (primary N) is 1. The fourth-order valence-electron chi connectivity index (χ4n) is 1.05. The fraction of sp³-hybridized carbons (Fsp3) is 0.700. The molecule has 0 heterocycles. The maximum absolute atomic E-state index is 10.4. The first-order valence-corrected chi connectivity index (χ1v) is 4.81. The number of rotatable bonds is 8. The average molecular weight is 185 g/mol. The molecule has 0 aliphatic heterocycles. The van der Waals surface area contributed by atoms with E-state index in [1.165, 1.54) is 0 Å². The molecule has 0 aliphatic rings. The van der Waals surface area contributed by atoms with Crippen LogP contribution in [0.5, 0.6) is 0 Å². The van der Waals surface area contributed by atoms with Gasteiger partial charge in [-0.15, -0.1) is 0 Å². The number of aliphatic hydroxyl groups excluding tert-OH is 1. The molecule has 0 saturated carbocycles. The van der Waals surface area contributed by atoms with Crippen molar-refractivity contribution in [1.82, 2.24) is 0 Å². The normalized spacial score (nSPS) is 10.8. The Balaban J connectivity index is 3.03. The Morgan fingerprint density at radius 3 is 2.46 bits per heavy atom. The second-order valence-electron chi connectivity index (χ2n) is 3.05. The minimum Gasteiger partial charge on any atom is -0.396 e. The van der Waals surface area contributed by atoms with Crippen LogP contribution >= 0.6 is 0 Å². The molecule has 76 valence electrons. The first-order chi connectivity index (χ1) is 6.27. The second-order valence-corrected chi connectivity index (χ2v) is 3.05. The summed E-state index contributed by atoms with van der Waals surface area (Å²) in [5.41, 5.74) is 4.99. The lowest BCUT2D eigenvalue weighted by Gasteiger charge is -1.95. The van der Waals surface area contributed by atoms with E-state index in [4.69, 9.17) is 10.8 Å². The van der Waals surface area contributed by atoms with Crippen LogP contribution in [0.2, 0.25) is 0 Å². The van der Waals surface area contributed by atoms with Crippen molar-refractivity contribution in [2.75, 3.05) is 6.61 Å². The van der Waals surface area contributed by atoms with Crippen molar-refractivity contribution in [2.45, 2.75) is 38.5 Å². The molecule has 0 aromatic carbocycles. The SMILES string of the molecule is NC(=O)CCCCCC=CCCO. The van der Waals surface area contributed by atoms with E-state index in [-0.39, 0.29) is 12.5 Å². The van der Waals surface area contributed by atoms with Gasteiger partial charge in [-0.3, -0.25) is 4.79 Å². The Hall–Kier alpha value is -0.830. The largest absolute Gasteiger partial charge is 0.396 e. The summed E-state index contributed by atoms with van der Waals surface area (Å²) in [4.78, 5) is 10.4. The smallest absolute Gasteiger partial charge is 0.217 e. The third kappa shape index (κ3) is 11.2. The van der Waals surface area contributed by atoms with Crippen LogP contribution in [0.1, 0.15) is 38.5 Å². The monoisotopic (exact) mass is 185 g/mol. The number of carbonyl (C=O) groups is 1. The molecule has 0 aromatic rings. The highest BCUT2D eigenvalue weighted by Gasteiger charge is 1.92. The van der Waals surface area contributed by atoms with E-state index in [0.29, 0.717) is 6.42 Å². The third-order valence-corrected chi connectivity index (χ3v) is 1.76. The molecule has 1 amide bonds. The summed E-state index contributed by atoms with van der Waals surface area (Å²) >= 11 is 0. The van der Waals surface area contributed by atoms with Crippen molar-refractivity contribution in [3.05, 3.63) is 12.2 Å². The zero-order valence-electron chi connectivity index (χ0n) is 8.04. The van der Waals surface area contributed by atoms with Crippen molar-refractivity contribution in [3.8, 4) is 0 Å². The van der Waals surface area contributed by atoms with Crippen molar-refractivity contribution in [2.24, 2.45) is 5.73 Å². The lowest BCUT2D eigenvalue weighted by Crippen LogP contribution is -2.09.